The summed E-state index contributed by atoms with van der Waals surface area (Å²) in [7, 11) is 0. The second kappa shape index (κ2) is 5.77. The monoisotopic (exact) mass is 249 g/mol. The third-order valence-corrected chi connectivity index (χ3v) is 3.45. The Labute approximate surface area is 105 Å². The maximum atomic E-state index is 11.4. The molecule has 0 saturated carbocycles. The Kier molecular flexibility index (Phi) is 4.09. The predicted molar refractivity (Wildman–Crippen MR) is 71.0 cm³/mol. The molecule has 1 aromatic rings. The van der Waals surface area contributed by atoms with Gasteiger partial charge in [-0.15, -0.1) is 11.8 Å². The second-order valence-electron chi connectivity index (χ2n) is 3.57. The van der Waals surface area contributed by atoms with E-state index in [-0.39, 0.29) is 5.97 Å². The van der Waals surface area contributed by atoms with Gasteiger partial charge in [-0.1, -0.05) is 18.2 Å². The highest BCUT2D eigenvalue weighted by Gasteiger charge is 2.20. The zero-order valence-corrected chi connectivity index (χ0v) is 10.6. The smallest absolute Gasteiger partial charge is 0.333 e. The number of ether oxygens (including phenoxy) is 1. The summed E-state index contributed by atoms with van der Waals surface area (Å²) in [6.45, 7) is 3.16. The van der Waals surface area contributed by atoms with Gasteiger partial charge in [0.2, 0.25) is 0 Å². The van der Waals surface area contributed by atoms with E-state index in [9.17, 15) is 4.79 Å². The van der Waals surface area contributed by atoms with Gasteiger partial charge in [-0.25, -0.2) is 4.79 Å². The summed E-state index contributed by atoms with van der Waals surface area (Å²) in [6.07, 6.45) is 1.58. The molecule has 90 valence electrons. The van der Waals surface area contributed by atoms with E-state index >= 15 is 0 Å². The number of hydrogen-bond donors (Lipinski definition) is 0. The lowest BCUT2D eigenvalue weighted by molar-refractivity contribution is -0.137. The molecule has 1 fully saturated rings. The predicted octanol–water partition coefficient (Wildman–Crippen LogP) is 2.64. The van der Waals surface area contributed by atoms with Gasteiger partial charge in [-0.05, 0) is 19.1 Å². The molecular formula is C13H15NO2S. The van der Waals surface area contributed by atoms with Gasteiger partial charge in [0.25, 0.3) is 0 Å². The fourth-order valence-corrected chi connectivity index (χ4v) is 2.71. The number of thioether (sulfide) groups is 1. The van der Waals surface area contributed by atoms with Crippen LogP contribution in [0.3, 0.4) is 0 Å². The largest absolute Gasteiger partial charge is 0.463 e. The minimum Gasteiger partial charge on any atom is -0.463 e. The normalized spacial score (nSPS) is 17.5. The molecule has 1 saturated heterocycles. The first-order chi connectivity index (χ1) is 8.31. The third kappa shape index (κ3) is 3.03. The lowest BCUT2D eigenvalue weighted by atomic mass is 10.3. The van der Waals surface area contributed by atoms with Crippen LogP contribution in [0, 0.1) is 0 Å². The molecule has 0 amide bonds. The Bertz CT molecular complexity index is 417. The Morgan fingerprint density at radius 1 is 1.47 bits per heavy atom. The topological polar surface area (TPSA) is 29.5 Å². The first-order valence-electron chi connectivity index (χ1n) is 5.65. The van der Waals surface area contributed by atoms with Crippen molar-refractivity contribution >= 4 is 23.4 Å². The van der Waals surface area contributed by atoms with Crippen LogP contribution in [0.25, 0.3) is 0 Å². The van der Waals surface area contributed by atoms with Crippen LogP contribution in [0.1, 0.15) is 6.92 Å². The molecular weight excluding hydrogens is 234 g/mol. The van der Waals surface area contributed by atoms with Crippen LogP contribution in [0.15, 0.2) is 41.4 Å². The lowest BCUT2D eigenvalue weighted by Gasteiger charge is -2.18. The second-order valence-corrected chi connectivity index (χ2v) is 4.69. The number of benzene rings is 1. The van der Waals surface area contributed by atoms with Gasteiger partial charge in [-0.2, -0.15) is 0 Å². The first-order valence-corrected chi connectivity index (χ1v) is 6.63. The van der Waals surface area contributed by atoms with Gasteiger partial charge in [0.05, 0.1) is 17.7 Å². The number of hydrogen-bond acceptors (Lipinski definition) is 4. The number of nitrogens with zero attached hydrogens (tertiary/aromatic N) is 1. The molecule has 0 bridgehead atoms. The van der Waals surface area contributed by atoms with Crippen molar-refractivity contribution in [1.82, 2.24) is 0 Å². The molecule has 1 aromatic carbocycles. The molecule has 0 spiro atoms. The average Bonchev–Trinajstić information content (AvgIpc) is 2.78. The summed E-state index contributed by atoms with van der Waals surface area (Å²) in [5.41, 5.74) is 1.12. The van der Waals surface area contributed by atoms with Gasteiger partial charge in [0.1, 0.15) is 0 Å². The van der Waals surface area contributed by atoms with Crippen molar-refractivity contribution in [1.29, 1.82) is 0 Å². The number of para-hydroxylation sites is 1. The first kappa shape index (κ1) is 12.0. The van der Waals surface area contributed by atoms with E-state index < -0.39 is 0 Å². The minimum atomic E-state index is -0.266. The minimum absolute atomic E-state index is 0.266. The van der Waals surface area contributed by atoms with Gasteiger partial charge in [-0.3, -0.25) is 0 Å². The number of rotatable bonds is 3. The van der Waals surface area contributed by atoms with Crippen LogP contribution in [0.4, 0.5) is 5.69 Å². The standard InChI is InChI=1S/C13H15NO2S/c1-2-16-13(15)10-12-14(8-9-17-12)11-6-4-3-5-7-11/h3-7,10H,2,8-9H2,1H3/b12-10-. The van der Waals surface area contributed by atoms with Crippen LogP contribution in [-0.4, -0.2) is 24.9 Å². The fourth-order valence-electron chi connectivity index (χ4n) is 1.70. The van der Waals surface area contributed by atoms with Crippen molar-refractivity contribution in [3.63, 3.8) is 0 Å². The molecule has 2 rings (SSSR count). The van der Waals surface area contributed by atoms with Crippen molar-refractivity contribution < 1.29 is 9.53 Å². The zero-order valence-electron chi connectivity index (χ0n) is 9.76. The maximum absolute atomic E-state index is 11.4. The fraction of sp³-hybridized carbons (Fsp3) is 0.308. The van der Waals surface area contributed by atoms with E-state index in [4.69, 9.17) is 4.74 Å². The van der Waals surface area contributed by atoms with E-state index in [1.807, 2.05) is 37.3 Å². The van der Waals surface area contributed by atoms with Gasteiger partial charge < -0.3 is 9.64 Å². The molecule has 17 heavy (non-hydrogen) atoms. The van der Waals surface area contributed by atoms with Crippen LogP contribution in [0.5, 0.6) is 0 Å². The highest BCUT2D eigenvalue weighted by Crippen LogP contribution is 2.32. The van der Waals surface area contributed by atoms with E-state index in [2.05, 4.69) is 4.90 Å². The number of carbonyl (C=O) groups is 1. The highest BCUT2D eigenvalue weighted by atomic mass is 32.2. The number of esters is 1. The summed E-state index contributed by atoms with van der Waals surface area (Å²) < 4.78 is 4.93. The van der Waals surface area contributed by atoms with Crippen molar-refractivity contribution in [2.75, 3.05) is 23.8 Å². The van der Waals surface area contributed by atoms with E-state index in [0.29, 0.717) is 6.61 Å². The SMILES string of the molecule is CCOC(=O)/C=C1\SCCN1c1ccccc1. The Morgan fingerprint density at radius 3 is 2.94 bits per heavy atom. The van der Waals surface area contributed by atoms with Crippen LogP contribution in [0.2, 0.25) is 0 Å². The van der Waals surface area contributed by atoms with Crippen molar-refractivity contribution in [3.8, 4) is 0 Å². The Morgan fingerprint density at radius 2 is 2.24 bits per heavy atom. The quantitative estimate of drug-likeness (QED) is 0.608. The molecule has 1 aliphatic rings. The molecule has 1 aliphatic heterocycles. The molecule has 0 N–H and O–H groups in total. The maximum Gasteiger partial charge on any atom is 0.333 e. The summed E-state index contributed by atoms with van der Waals surface area (Å²) >= 11 is 1.69. The van der Waals surface area contributed by atoms with Gasteiger partial charge in [0, 0.05) is 18.0 Å². The molecule has 1 heterocycles. The average molecular weight is 249 g/mol. The molecule has 4 heteroatoms. The Hall–Kier alpha value is -1.42. The van der Waals surface area contributed by atoms with Crippen LogP contribution < -0.4 is 4.90 Å². The van der Waals surface area contributed by atoms with Crippen molar-refractivity contribution in [2.45, 2.75) is 6.92 Å². The van der Waals surface area contributed by atoms with Crippen LogP contribution in [-0.2, 0) is 9.53 Å². The summed E-state index contributed by atoms with van der Waals surface area (Å²) in [6, 6.07) is 10.1. The van der Waals surface area contributed by atoms with E-state index in [0.717, 1.165) is 23.0 Å². The molecule has 0 atom stereocenters. The Balaban J connectivity index is 2.15. The molecule has 0 aromatic heterocycles. The van der Waals surface area contributed by atoms with Crippen molar-refractivity contribution in [3.05, 3.63) is 41.4 Å². The van der Waals surface area contributed by atoms with Crippen molar-refractivity contribution in [2.24, 2.45) is 0 Å². The van der Waals surface area contributed by atoms with E-state index in [1.165, 1.54) is 0 Å². The number of carbonyl (C=O) groups excluding carboxylic acids is 1. The van der Waals surface area contributed by atoms with Gasteiger partial charge in [0.15, 0.2) is 0 Å². The molecule has 0 radical (unpaired) electrons. The molecule has 3 nitrogen and oxygen atoms in total. The third-order valence-electron chi connectivity index (χ3n) is 2.43. The van der Waals surface area contributed by atoms with Gasteiger partial charge >= 0.3 is 5.97 Å². The highest BCUT2D eigenvalue weighted by molar-refractivity contribution is 8.03. The summed E-state index contributed by atoms with van der Waals surface area (Å²) in [5.74, 6) is 0.734. The summed E-state index contributed by atoms with van der Waals surface area (Å²) in [5, 5.41) is 0.967. The lowest BCUT2D eigenvalue weighted by Crippen LogP contribution is -2.17. The zero-order chi connectivity index (χ0) is 12.1. The summed E-state index contributed by atoms with van der Waals surface area (Å²) in [4.78, 5) is 13.6. The van der Waals surface area contributed by atoms with E-state index in [1.54, 1.807) is 17.8 Å². The number of anilines is 1. The molecule has 0 unspecified atom stereocenters. The molecule has 0 aliphatic carbocycles. The van der Waals surface area contributed by atoms with Crippen LogP contribution >= 0.6 is 11.8 Å².